The first-order chi connectivity index (χ1) is 16.8. The Morgan fingerprint density at radius 3 is 2.06 bits per heavy atom. The smallest absolute Gasteiger partial charge is 0.220 e. The second kappa shape index (κ2) is 20.3. The molecule has 0 radical (unpaired) electrons. The summed E-state index contributed by atoms with van der Waals surface area (Å²) in [7, 11) is -5.09. The van der Waals surface area contributed by atoms with Gasteiger partial charge in [-0.05, 0) is 78.8 Å². The van der Waals surface area contributed by atoms with Crippen molar-refractivity contribution in [2.75, 3.05) is 6.61 Å². The Morgan fingerprint density at radius 1 is 0.943 bits per heavy atom. The van der Waals surface area contributed by atoms with E-state index in [4.69, 9.17) is 0 Å². The minimum absolute atomic E-state index is 0.145. The number of allylic oxidation sites excluding steroid dienone is 2. The van der Waals surface area contributed by atoms with Crippen molar-refractivity contribution < 1.29 is 23.7 Å². The molecule has 0 aliphatic heterocycles. The highest BCUT2D eigenvalue weighted by molar-refractivity contribution is 14.1. The Bertz CT molecular complexity index is 750. The summed E-state index contributed by atoms with van der Waals surface area (Å²) in [5.74, 6) is -0.145. The van der Waals surface area contributed by atoms with Crippen molar-refractivity contribution >= 4 is 36.3 Å². The molecule has 0 aliphatic carbocycles. The lowest BCUT2D eigenvalue weighted by molar-refractivity contribution is -0.342. The second-order valence-corrected chi connectivity index (χ2v) is 11.6. The molecule has 8 heteroatoms. The highest BCUT2D eigenvalue weighted by Gasteiger charge is 2.14. The number of carbonyl (C=O) groups excluding carboxylic acids is 1. The fourth-order valence-corrected chi connectivity index (χ4v) is 4.62. The molecule has 1 amide bonds. The van der Waals surface area contributed by atoms with Crippen LogP contribution in [0.1, 0.15) is 102 Å². The Kier molecular flexibility index (Phi) is 18.8. The van der Waals surface area contributed by atoms with E-state index in [1.54, 1.807) is 0 Å². The van der Waals surface area contributed by atoms with Gasteiger partial charge in [0.25, 0.3) is 0 Å². The van der Waals surface area contributed by atoms with Gasteiger partial charge in [-0.3, -0.25) is 4.79 Å². The van der Waals surface area contributed by atoms with Crippen molar-refractivity contribution in [2.24, 2.45) is 0 Å². The van der Waals surface area contributed by atoms with Crippen molar-refractivity contribution in [2.45, 2.75) is 109 Å². The van der Waals surface area contributed by atoms with Crippen LogP contribution >= 0.6 is 30.4 Å². The average molecular weight is 620 g/mol. The van der Waals surface area contributed by atoms with Crippen molar-refractivity contribution in [3.63, 3.8) is 0 Å². The normalized spacial score (nSPS) is 12.8. The van der Waals surface area contributed by atoms with Crippen LogP contribution in [-0.4, -0.2) is 18.6 Å². The summed E-state index contributed by atoms with van der Waals surface area (Å²) in [5.41, 5.74) is 0.937. The first kappa shape index (κ1) is 32.3. The Balaban J connectivity index is 2.15. The third kappa shape index (κ3) is 20.1. The number of phosphoric acid groups is 1. The zero-order chi connectivity index (χ0) is 25.8. The van der Waals surface area contributed by atoms with Gasteiger partial charge in [0.15, 0.2) is 0 Å². The van der Waals surface area contributed by atoms with E-state index in [-0.39, 0.29) is 12.5 Å². The van der Waals surface area contributed by atoms with Crippen LogP contribution in [0.4, 0.5) is 0 Å². The van der Waals surface area contributed by atoms with E-state index in [9.17, 15) is 19.1 Å². The van der Waals surface area contributed by atoms with E-state index >= 15 is 0 Å². The average Bonchev–Trinajstić information content (AvgIpc) is 2.81. The fourth-order valence-electron chi connectivity index (χ4n) is 3.89. The maximum Gasteiger partial charge on any atom is 0.220 e. The highest BCUT2D eigenvalue weighted by Crippen LogP contribution is 2.25. The fraction of sp³-hybridized carbons (Fsp3) is 0.667. The number of halogens is 1. The Hall–Kier alpha value is -0.730. The second-order valence-electron chi connectivity index (χ2n) is 9.17. The molecule has 0 unspecified atom stereocenters. The number of hydrogen-bond donors (Lipinski definition) is 1. The van der Waals surface area contributed by atoms with Gasteiger partial charge in [0.05, 0.1) is 20.5 Å². The molecule has 0 aromatic heterocycles. The maximum atomic E-state index is 12.4. The first-order valence-electron chi connectivity index (χ1n) is 13.2. The van der Waals surface area contributed by atoms with Crippen LogP contribution in [-0.2, 0) is 20.3 Å². The van der Waals surface area contributed by atoms with Crippen LogP contribution in [0.2, 0.25) is 0 Å². The molecule has 0 saturated heterocycles. The molecule has 1 aromatic rings. The molecule has 1 rings (SSSR count). The first-order valence-corrected chi connectivity index (χ1v) is 15.7. The van der Waals surface area contributed by atoms with Crippen LogP contribution < -0.4 is 15.1 Å². The van der Waals surface area contributed by atoms with Gasteiger partial charge in [-0.1, -0.05) is 82.6 Å². The molecule has 0 fully saturated rings. The molecular weight excluding hydrogens is 576 g/mol. The number of amides is 1. The topological polar surface area (TPSA) is 102 Å². The largest absolute Gasteiger partial charge is 0.790 e. The molecule has 0 bridgehead atoms. The molecule has 35 heavy (non-hydrogen) atoms. The van der Waals surface area contributed by atoms with E-state index in [1.165, 1.54) is 51.4 Å². The lowest BCUT2D eigenvalue weighted by atomic mass is 10.1. The van der Waals surface area contributed by atoms with Crippen LogP contribution in [0, 0.1) is 3.57 Å². The van der Waals surface area contributed by atoms with Gasteiger partial charge < -0.3 is 24.2 Å². The molecule has 6 nitrogen and oxygen atoms in total. The number of unbranched alkanes of at least 4 members (excludes halogenated alkanes) is 11. The van der Waals surface area contributed by atoms with Crippen LogP contribution in [0.15, 0.2) is 36.4 Å². The standard InChI is InChI=1S/C27H45INO5P/c1-2-3-4-5-6-7-8-9-10-11-12-13-14-15-16-17-27(30)29-26(23-34-35(31,32)33)22-24-18-20-25(28)21-19-24/h9-10,18-21,26H,2-8,11-17,22-23H2,1H3,(H,29,30)(H2,31,32,33)/p-2/b10-9-/t26-/m1/s1. The lowest BCUT2D eigenvalue weighted by Crippen LogP contribution is -2.40. The monoisotopic (exact) mass is 619 g/mol. The summed E-state index contributed by atoms with van der Waals surface area (Å²) in [6.45, 7) is 1.89. The molecule has 0 spiro atoms. The summed E-state index contributed by atoms with van der Waals surface area (Å²) in [6.07, 6.45) is 21.0. The van der Waals surface area contributed by atoms with Crippen molar-refractivity contribution in [1.29, 1.82) is 0 Å². The third-order valence-corrected chi connectivity index (χ3v) is 7.04. The lowest BCUT2D eigenvalue weighted by Gasteiger charge is -2.31. The van der Waals surface area contributed by atoms with E-state index in [2.05, 4.69) is 51.5 Å². The summed E-state index contributed by atoms with van der Waals surface area (Å²) < 4.78 is 16.4. The van der Waals surface area contributed by atoms with Gasteiger partial charge >= 0.3 is 0 Å². The summed E-state index contributed by atoms with van der Waals surface area (Å²) in [4.78, 5) is 34.1. The van der Waals surface area contributed by atoms with Crippen molar-refractivity contribution in [3.05, 3.63) is 45.6 Å². The van der Waals surface area contributed by atoms with Gasteiger partial charge in [-0.15, -0.1) is 0 Å². The minimum atomic E-state index is -5.09. The number of carbonyl (C=O) groups is 1. The van der Waals surface area contributed by atoms with Gasteiger partial charge in [0.1, 0.15) is 0 Å². The zero-order valence-electron chi connectivity index (χ0n) is 21.2. The van der Waals surface area contributed by atoms with E-state index < -0.39 is 13.9 Å². The van der Waals surface area contributed by atoms with Crippen molar-refractivity contribution in [1.82, 2.24) is 5.32 Å². The van der Waals surface area contributed by atoms with Gasteiger partial charge in [0, 0.05) is 9.99 Å². The SMILES string of the molecule is CCCCCCCC/C=C\CCCCCCCC(=O)N[C@@H](COP(=O)([O-])[O-])Cc1ccc(I)cc1. The molecule has 200 valence electrons. The molecule has 1 atom stereocenters. The van der Waals surface area contributed by atoms with Crippen LogP contribution in [0.3, 0.4) is 0 Å². The zero-order valence-corrected chi connectivity index (χ0v) is 24.3. The number of rotatable bonds is 21. The van der Waals surface area contributed by atoms with E-state index in [1.807, 2.05) is 24.3 Å². The highest BCUT2D eigenvalue weighted by atomic mass is 127. The molecule has 1 N–H and O–H groups in total. The van der Waals surface area contributed by atoms with E-state index in [0.29, 0.717) is 12.8 Å². The Morgan fingerprint density at radius 2 is 1.49 bits per heavy atom. The van der Waals surface area contributed by atoms with Crippen molar-refractivity contribution in [3.8, 4) is 0 Å². The third-order valence-electron chi connectivity index (χ3n) is 5.86. The predicted molar refractivity (Wildman–Crippen MR) is 148 cm³/mol. The van der Waals surface area contributed by atoms with Gasteiger partial charge in [0.2, 0.25) is 5.91 Å². The molecule has 0 heterocycles. The summed E-state index contributed by atoms with van der Waals surface area (Å²) in [5, 5.41) is 2.83. The van der Waals surface area contributed by atoms with Crippen LogP contribution in [0.5, 0.6) is 0 Å². The number of benzene rings is 1. The predicted octanol–water partition coefficient (Wildman–Crippen LogP) is 6.20. The van der Waals surface area contributed by atoms with E-state index in [0.717, 1.165) is 41.2 Å². The van der Waals surface area contributed by atoms with Gasteiger partial charge in [-0.2, -0.15) is 0 Å². The quantitative estimate of drug-likeness (QED) is 0.0765. The number of nitrogens with one attached hydrogen (secondary N) is 1. The summed E-state index contributed by atoms with van der Waals surface area (Å²) >= 11 is 2.20. The van der Waals surface area contributed by atoms with Crippen LogP contribution in [0.25, 0.3) is 0 Å². The van der Waals surface area contributed by atoms with Gasteiger partial charge in [-0.25, -0.2) is 0 Å². The summed E-state index contributed by atoms with van der Waals surface area (Å²) in [6, 6.07) is 7.14. The molecule has 0 saturated carbocycles. The molecular formula is C27H43INO5P-2. The number of hydrogen-bond acceptors (Lipinski definition) is 5. The maximum absolute atomic E-state index is 12.4. The molecule has 1 aromatic carbocycles. The number of phosphoric ester groups is 1. The molecule has 0 aliphatic rings. The Labute approximate surface area is 226 Å². The minimum Gasteiger partial charge on any atom is -0.790 e.